The molecule has 0 saturated carbocycles. The summed E-state index contributed by atoms with van der Waals surface area (Å²) in [7, 11) is 1.39. The number of pyridine rings is 1. The van der Waals surface area contributed by atoms with E-state index >= 15 is 0 Å². The lowest BCUT2D eigenvalue weighted by molar-refractivity contribution is -0.161. The first kappa shape index (κ1) is 30.8. The molecule has 40 heavy (non-hydrogen) atoms. The Morgan fingerprint density at radius 1 is 1.15 bits per heavy atom. The second-order valence-corrected chi connectivity index (χ2v) is 9.94. The molecule has 218 valence electrons. The quantitative estimate of drug-likeness (QED) is 0.324. The number of nitrogens with one attached hydrogen (secondary N) is 1. The highest BCUT2D eigenvalue weighted by Gasteiger charge is 2.36. The Morgan fingerprint density at radius 2 is 1.90 bits per heavy atom. The van der Waals surface area contributed by atoms with Crippen molar-refractivity contribution in [2.75, 3.05) is 33.7 Å². The summed E-state index contributed by atoms with van der Waals surface area (Å²) in [5, 5.41) is 2.64. The van der Waals surface area contributed by atoms with Gasteiger partial charge in [-0.25, -0.2) is 9.78 Å². The van der Waals surface area contributed by atoms with Crippen LogP contribution >= 0.6 is 0 Å². The van der Waals surface area contributed by atoms with Crippen LogP contribution in [-0.4, -0.2) is 74.8 Å². The Bertz CT molecular complexity index is 1130. The number of carbonyl (C=O) groups is 3. The minimum atomic E-state index is -1.12. The lowest BCUT2D eigenvalue weighted by Crippen LogP contribution is -2.46. The second kappa shape index (κ2) is 15.2. The number of ether oxygens (including phenoxy) is 6. The maximum absolute atomic E-state index is 13.3. The summed E-state index contributed by atoms with van der Waals surface area (Å²) in [5.74, 6) is -1.60. The van der Waals surface area contributed by atoms with Crippen molar-refractivity contribution >= 4 is 17.8 Å². The molecule has 1 aromatic carbocycles. The molecule has 4 atom stereocenters. The van der Waals surface area contributed by atoms with Crippen LogP contribution in [0, 0.1) is 11.8 Å². The van der Waals surface area contributed by atoms with Crippen molar-refractivity contribution < 1.29 is 42.8 Å². The van der Waals surface area contributed by atoms with E-state index < -0.39 is 42.9 Å². The minimum Gasteiger partial charge on any atom is -0.493 e. The lowest BCUT2D eigenvalue weighted by atomic mass is 9.91. The summed E-state index contributed by atoms with van der Waals surface area (Å²) in [4.78, 5) is 41.7. The Labute approximate surface area is 234 Å². The van der Waals surface area contributed by atoms with Gasteiger partial charge < -0.3 is 33.7 Å². The number of carbonyl (C=O) groups excluding carboxylic acids is 3. The molecule has 0 aliphatic carbocycles. The molecule has 0 spiro atoms. The van der Waals surface area contributed by atoms with Crippen molar-refractivity contribution in [3.63, 3.8) is 0 Å². The summed E-state index contributed by atoms with van der Waals surface area (Å²) < 4.78 is 33.6. The average molecular weight is 559 g/mol. The molecular weight excluding hydrogens is 520 g/mol. The molecule has 2 aromatic rings. The second-order valence-electron chi connectivity index (χ2n) is 9.94. The van der Waals surface area contributed by atoms with Crippen LogP contribution in [0.25, 0.3) is 0 Å². The molecule has 1 N–H and O–H groups in total. The van der Waals surface area contributed by atoms with Gasteiger partial charge >= 0.3 is 11.9 Å². The first-order valence-corrected chi connectivity index (χ1v) is 13.2. The summed E-state index contributed by atoms with van der Waals surface area (Å²) in [6.45, 7) is 7.33. The zero-order chi connectivity index (χ0) is 29.1. The highest BCUT2D eigenvalue weighted by molar-refractivity contribution is 5.98. The monoisotopic (exact) mass is 558 g/mol. The van der Waals surface area contributed by atoms with E-state index in [4.69, 9.17) is 28.4 Å². The summed E-state index contributed by atoms with van der Waals surface area (Å²) in [6, 6.07) is 10.3. The van der Waals surface area contributed by atoms with E-state index in [0.29, 0.717) is 19.6 Å². The van der Waals surface area contributed by atoms with Crippen LogP contribution in [0.4, 0.5) is 0 Å². The van der Waals surface area contributed by atoms with Crippen molar-refractivity contribution in [1.29, 1.82) is 0 Å². The number of hydrogen-bond acceptors (Lipinski definition) is 10. The van der Waals surface area contributed by atoms with E-state index in [1.54, 1.807) is 6.92 Å². The maximum Gasteiger partial charge on any atom is 0.331 e. The summed E-state index contributed by atoms with van der Waals surface area (Å²) in [5.41, 5.74) is 0.953. The Morgan fingerprint density at radius 3 is 2.58 bits per heavy atom. The number of esters is 2. The standard InChI is InChI=1S/C29H38N2O9/c1-18(2)14-37-26-19(3)40-29(34)23(16-36-15-22(26)13-21-9-7-6-8-10-21)31-28(33)25-27(39-17-38-20(4)32)24(35-5)11-12-30-25/h6-12,18-19,22-23,26H,13-17H2,1-5H3,(H,31,33)/t19-,22-,23?,26-/m0/s1. The smallest absolute Gasteiger partial charge is 0.331 e. The van der Waals surface area contributed by atoms with Crippen LogP contribution in [0.2, 0.25) is 0 Å². The molecule has 3 rings (SSSR count). The van der Waals surface area contributed by atoms with Crippen molar-refractivity contribution in [2.45, 2.75) is 52.4 Å². The van der Waals surface area contributed by atoms with Crippen LogP contribution in [0.5, 0.6) is 11.5 Å². The zero-order valence-corrected chi connectivity index (χ0v) is 23.6. The van der Waals surface area contributed by atoms with E-state index in [1.165, 1.54) is 26.3 Å². The number of amides is 1. The number of hydrogen-bond donors (Lipinski definition) is 1. The van der Waals surface area contributed by atoms with Gasteiger partial charge in [0.1, 0.15) is 6.10 Å². The van der Waals surface area contributed by atoms with Gasteiger partial charge in [0.2, 0.25) is 6.79 Å². The molecular formula is C29H38N2O9. The number of nitrogens with zero attached hydrogens (tertiary/aromatic N) is 1. The summed E-state index contributed by atoms with van der Waals surface area (Å²) >= 11 is 0. The molecule has 0 radical (unpaired) electrons. The molecule has 1 unspecified atom stereocenters. The normalized spacial score (nSPS) is 21.4. The van der Waals surface area contributed by atoms with E-state index in [0.717, 1.165) is 5.56 Å². The van der Waals surface area contributed by atoms with Crippen molar-refractivity contribution in [1.82, 2.24) is 10.3 Å². The van der Waals surface area contributed by atoms with Gasteiger partial charge in [0, 0.05) is 31.7 Å². The molecule has 1 amide bonds. The van der Waals surface area contributed by atoms with Gasteiger partial charge in [-0.15, -0.1) is 0 Å². The number of rotatable bonds is 11. The van der Waals surface area contributed by atoms with Gasteiger partial charge in [0.25, 0.3) is 5.91 Å². The third-order valence-electron chi connectivity index (χ3n) is 6.17. The fourth-order valence-electron chi connectivity index (χ4n) is 4.27. The minimum absolute atomic E-state index is 0.0421. The zero-order valence-electron chi connectivity index (χ0n) is 23.6. The largest absolute Gasteiger partial charge is 0.493 e. The average Bonchev–Trinajstić information content (AvgIpc) is 2.96. The first-order valence-electron chi connectivity index (χ1n) is 13.2. The molecule has 2 heterocycles. The first-order chi connectivity index (χ1) is 19.2. The molecule has 1 fully saturated rings. The third kappa shape index (κ3) is 8.92. The molecule has 1 aliphatic heterocycles. The Balaban J connectivity index is 1.78. The van der Waals surface area contributed by atoms with Crippen LogP contribution < -0.4 is 14.8 Å². The Kier molecular flexibility index (Phi) is 11.7. The van der Waals surface area contributed by atoms with E-state index in [9.17, 15) is 14.4 Å². The highest BCUT2D eigenvalue weighted by atomic mass is 16.7. The molecule has 1 aromatic heterocycles. The lowest BCUT2D eigenvalue weighted by Gasteiger charge is -2.31. The Hall–Kier alpha value is -3.70. The summed E-state index contributed by atoms with van der Waals surface area (Å²) in [6.07, 6.45) is 1.01. The van der Waals surface area contributed by atoms with Gasteiger partial charge in [-0.2, -0.15) is 0 Å². The number of cyclic esters (lactones) is 1. The number of methoxy groups -OCH3 is 1. The van der Waals surface area contributed by atoms with Crippen LogP contribution in [0.1, 0.15) is 43.7 Å². The molecule has 11 heteroatoms. The molecule has 0 bridgehead atoms. The van der Waals surface area contributed by atoms with E-state index in [-0.39, 0.29) is 35.6 Å². The topological polar surface area (TPSA) is 132 Å². The highest BCUT2D eigenvalue weighted by Crippen LogP contribution is 2.30. The molecule has 11 nitrogen and oxygen atoms in total. The predicted octanol–water partition coefficient (Wildman–Crippen LogP) is 2.95. The fourth-order valence-corrected chi connectivity index (χ4v) is 4.27. The van der Waals surface area contributed by atoms with Crippen molar-refractivity contribution in [3.8, 4) is 11.5 Å². The predicted molar refractivity (Wildman–Crippen MR) is 144 cm³/mol. The van der Waals surface area contributed by atoms with Crippen molar-refractivity contribution in [3.05, 3.63) is 53.9 Å². The fraction of sp³-hybridized carbons (Fsp3) is 0.517. The van der Waals surface area contributed by atoms with Gasteiger partial charge in [-0.1, -0.05) is 44.2 Å². The number of aromatic nitrogens is 1. The van der Waals surface area contributed by atoms with E-state index in [2.05, 4.69) is 24.1 Å². The van der Waals surface area contributed by atoms with Gasteiger partial charge in [-0.3, -0.25) is 9.59 Å². The van der Waals surface area contributed by atoms with Gasteiger partial charge in [0.05, 0.1) is 26.4 Å². The van der Waals surface area contributed by atoms with Crippen molar-refractivity contribution in [2.24, 2.45) is 11.8 Å². The number of benzene rings is 1. The van der Waals surface area contributed by atoms with E-state index in [1.807, 2.05) is 30.3 Å². The third-order valence-corrected chi connectivity index (χ3v) is 6.17. The van der Waals surface area contributed by atoms with Crippen LogP contribution in [-0.2, 0) is 35.0 Å². The SMILES string of the molecule is COc1ccnc(C(=O)NC2COC[C@H](Cc3ccccc3)[C@@H](OCC(C)C)[C@H](C)OC2=O)c1OCOC(C)=O. The molecule has 1 saturated heterocycles. The van der Waals surface area contributed by atoms with Gasteiger partial charge in [-0.05, 0) is 24.8 Å². The molecule has 1 aliphatic rings. The van der Waals surface area contributed by atoms with Gasteiger partial charge in [0.15, 0.2) is 23.2 Å². The maximum atomic E-state index is 13.3. The van der Waals surface area contributed by atoms with Crippen LogP contribution in [0.3, 0.4) is 0 Å². The van der Waals surface area contributed by atoms with Crippen LogP contribution in [0.15, 0.2) is 42.6 Å².